The number of hydrogen-bond donors (Lipinski definition) is 2. The highest BCUT2D eigenvalue weighted by Crippen LogP contribution is 2.41. The van der Waals surface area contributed by atoms with Crippen molar-refractivity contribution in [1.29, 1.82) is 5.26 Å². The molecule has 1 aliphatic heterocycles. The Morgan fingerprint density at radius 1 is 1.12 bits per heavy atom. The van der Waals surface area contributed by atoms with Gasteiger partial charge in [0, 0.05) is 5.39 Å². The van der Waals surface area contributed by atoms with Gasteiger partial charge in [0.05, 0.1) is 24.4 Å². The molecule has 3 aromatic carbocycles. The molecule has 0 saturated carbocycles. The molecular weight excluding hydrogens is 434 g/mol. The standard InChI is InChI=1S/C26H25N3O3S/c1-3-4-14-32-22-13-12-18(15-23(22)31-2)24-28-25(30)20(16-27)26(33)29(24)21-11-7-9-17-8-5-6-10-19(17)21/h5-13,15,24,33H,3-4,14H2,1-2H3,(H,28,30). The second-order valence-electron chi connectivity index (χ2n) is 7.67. The second kappa shape index (κ2) is 9.88. The predicted octanol–water partition coefficient (Wildman–Crippen LogP) is 5.33. The molecule has 33 heavy (non-hydrogen) atoms. The number of fused-ring (bicyclic) bond motifs is 1. The van der Waals surface area contributed by atoms with Crippen LogP contribution in [0, 0.1) is 11.3 Å². The summed E-state index contributed by atoms with van der Waals surface area (Å²) in [5, 5.41) is 14.9. The Kier molecular flexibility index (Phi) is 6.76. The first-order valence-electron chi connectivity index (χ1n) is 10.8. The zero-order valence-corrected chi connectivity index (χ0v) is 19.4. The fourth-order valence-electron chi connectivity index (χ4n) is 3.91. The van der Waals surface area contributed by atoms with Gasteiger partial charge in [-0.3, -0.25) is 4.79 Å². The summed E-state index contributed by atoms with van der Waals surface area (Å²) in [5.41, 5.74) is 1.58. The van der Waals surface area contributed by atoms with Crippen LogP contribution in [0.5, 0.6) is 11.5 Å². The highest BCUT2D eigenvalue weighted by molar-refractivity contribution is 7.84. The van der Waals surface area contributed by atoms with Crippen molar-refractivity contribution in [3.05, 3.63) is 76.8 Å². The van der Waals surface area contributed by atoms with Crippen molar-refractivity contribution in [2.45, 2.75) is 25.9 Å². The molecule has 0 aromatic heterocycles. The molecule has 0 bridgehead atoms. The maximum absolute atomic E-state index is 12.7. The minimum atomic E-state index is -0.591. The minimum Gasteiger partial charge on any atom is -0.493 e. The number of carbonyl (C=O) groups excluding carboxylic acids is 1. The molecule has 0 aliphatic carbocycles. The summed E-state index contributed by atoms with van der Waals surface area (Å²) in [6.07, 6.45) is 1.39. The molecule has 6 nitrogen and oxygen atoms in total. The predicted molar refractivity (Wildman–Crippen MR) is 132 cm³/mol. The number of amides is 1. The fourth-order valence-corrected chi connectivity index (χ4v) is 4.28. The van der Waals surface area contributed by atoms with Gasteiger partial charge in [-0.15, -0.1) is 12.6 Å². The lowest BCUT2D eigenvalue weighted by molar-refractivity contribution is -0.118. The topological polar surface area (TPSA) is 74.6 Å². The largest absolute Gasteiger partial charge is 0.493 e. The molecule has 1 heterocycles. The number of benzene rings is 3. The zero-order valence-electron chi connectivity index (χ0n) is 18.5. The summed E-state index contributed by atoms with van der Waals surface area (Å²) < 4.78 is 11.4. The number of anilines is 1. The first-order valence-corrected chi connectivity index (χ1v) is 11.3. The van der Waals surface area contributed by atoms with Crippen LogP contribution in [0.3, 0.4) is 0 Å². The Morgan fingerprint density at radius 3 is 2.67 bits per heavy atom. The Labute approximate surface area is 198 Å². The van der Waals surface area contributed by atoms with E-state index in [1.807, 2.05) is 71.6 Å². The van der Waals surface area contributed by atoms with Gasteiger partial charge in [-0.05, 0) is 35.6 Å². The van der Waals surface area contributed by atoms with Crippen LogP contribution in [0.15, 0.2) is 71.3 Å². The lowest BCUT2D eigenvalue weighted by Crippen LogP contribution is -2.46. The van der Waals surface area contributed by atoms with Gasteiger partial charge in [-0.25, -0.2) is 0 Å². The molecule has 168 valence electrons. The normalized spacial score (nSPS) is 15.9. The third-order valence-corrected chi connectivity index (χ3v) is 6.04. The number of nitrogens with one attached hydrogen (secondary N) is 1. The highest BCUT2D eigenvalue weighted by atomic mass is 32.1. The second-order valence-corrected chi connectivity index (χ2v) is 8.09. The van der Waals surface area contributed by atoms with E-state index in [9.17, 15) is 10.1 Å². The Balaban J connectivity index is 1.84. The molecule has 1 aliphatic rings. The van der Waals surface area contributed by atoms with Crippen molar-refractivity contribution in [2.24, 2.45) is 0 Å². The lowest BCUT2D eigenvalue weighted by Gasteiger charge is -2.38. The van der Waals surface area contributed by atoms with E-state index in [1.165, 1.54) is 0 Å². The van der Waals surface area contributed by atoms with Crippen molar-refractivity contribution in [2.75, 3.05) is 18.6 Å². The number of ether oxygens (including phenoxy) is 2. The van der Waals surface area contributed by atoms with Crippen molar-refractivity contribution >= 4 is 35.0 Å². The zero-order chi connectivity index (χ0) is 23.4. The molecule has 0 spiro atoms. The van der Waals surface area contributed by atoms with E-state index < -0.39 is 12.1 Å². The third kappa shape index (κ3) is 4.35. The average molecular weight is 460 g/mol. The monoisotopic (exact) mass is 459 g/mol. The summed E-state index contributed by atoms with van der Waals surface area (Å²) in [6.45, 7) is 2.71. The molecule has 4 rings (SSSR count). The number of hydrogen-bond acceptors (Lipinski definition) is 6. The van der Waals surface area contributed by atoms with E-state index in [0.717, 1.165) is 34.9 Å². The molecule has 0 fully saturated rings. The quantitative estimate of drug-likeness (QED) is 0.369. The van der Waals surface area contributed by atoms with Gasteiger partial charge < -0.3 is 19.7 Å². The lowest BCUT2D eigenvalue weighted by atomic mass is 10.0. The number of carbonyl (C=O) groups is 1. The molecule has 1 N–H and O–H groups in total. The molecule has 1 amide bonds. The van der Waals surface area contributed by atoms with E-state index in [1.54, 1.807) is 7.11 Å². The van der Waals surface area contributed by atoms with Crippen molar-refractivity contribution in [1.82, 2.24) is 5.32 Å². The molecule has 1 atom stereocenters. The van der Waals surface area contributed by atoms with Gasteiger partial charge in [0.1, 0.15) is 17.8 Å². The van der Waals surface area contributed by atoms with E-state index in [0.29, 0.717) is 23.1 Å². The summed E-state index contributed by atoms with van der Waals surface area (Å²) in [5.74, 6) is 0.755. The van der Waals surface area contributed by atoms with Crippen molar-refractivity contribution < 1.29 is 14.3 Å². The molecule has 0 radical (unpaired) electrons. The number of unbranched alkanes of at least 4 members (excludes halogenated alkanes) is 1. The molecule has 1 unspecified atom stereocenters. The first kappa shape index (κ1) is 22.6. The Morgan fingerprint density at radius 2 is 1.91 bits per heavy atom. The van der Waals surface area contributed by atoms with Crippen LogP contribution in [0.4, 0.5) is 5.69 Å². The molecule has 7 heteroatoms. The van der Waals surface area contributed by atoms with Gasteiger partial charge >= 0.3 is 0 Å². The number of nitriles is 1. The SMILES string of the molecule is CCCCOc1ccc(C2NC(=O)C(C#N)=C(S)N2c2cccc3ccccc23)cc1OC. The highest BCUT2D eigenvalue weighted by Gasteiger charge is 2.35. The van der Waals surface area contributed by atoms with Crippen LogP contribution >= 0.6 is 12.6 Å². The van der Waals surface area contributed by atoms with Gasteiger partial charge in [-0.2, -0.15) is 5.26 Å². The van der Waals surface area contributed by atoms with Crippen LogP contribution < -0.4 is 19.7 Å². The van der Waals surface area contributed by atoms with E-state index in [2.05, 4.69) is 24.9 Å². The fraction of sp³-hybridized carbons (Fsp3) is 0.231. The summed E-state index contributed by atoms with van der Waals surface area (Å²) in [4.78, 5) is 14.6. The van der Waals surface area contributed by atoms with Crippen LogP contribution in [-0.4, -0.2) is 19.6 Å². The van der Waals surface area contributed by atoms with E-state index in [4.69, 9.17) is 9.47 Å². The van der Waals surface area contributed by atoms with Gasteiger partial charge in [-0.1, -0.05) is 55.8 Å². The number of nitrogens with zero attached hydrogens (tertiary/aromatic N) is 2. The van der Waals surface area contributed by atoms with Crippen molar-refractivity contribution in [3.63, 3.8) is 0 Å². The van der Waals surface area contributed by atoms with Crippen molar-refractivity contribution in [3.8, 4) is 17.6 Å². The number of rotatable bonds is 7. The maximum atomic E-state index is 12.7. The molecular formula is C26H25N3O3S. The smallest absolute Gasteiger partial charge is 0.266 e. The Bertz CT molecular complexity index is 1260. The van der Waals surface area contributed by atoms with Gasteiger partial charge in [0.2, 0.25) is 0 Å². The van der Waals surface area contributed by atoms with Gasteiger partial charge in [0.25, 0.3) is 5.91 Å². The van der Waals surface area contributed by atoms with Crippen LogP contribution in [0.25, 0.3) is 10.8 Å². The van der Waals surface area contributed by atoms with Gasteiger partial charge in [0.15, 0.2) is 11.5 Å². The third-order valence-electron chi connectivity index (χ3n) is 5.60. The van der Waals surface area contributed by atoms with E-state index >= 15 is 0 Å². The van der Waals surface area contributed by atoms with E-state index in [-0.39, 0.29) is 5.57 Å². The first-order chi connectivity index (χ1) is 16.1. The van der Waals surface area contributed by atoms with Crippen LogP contribution in [-0.2, 0) is 4.79 Å². The average Bonchev–Trinajstić information content (AvgIpc) is 2.84. The number of thiol groups is 1. The van der Waals surface area contributed by atoms with Crippen LogP contribution in [0.2, 0.25) is 0 Å². The summed E-state index contributed by atoms with van der Waals surface area (Å²) in [7, 11) is 1.59. The summed E-state index contributed by atoms with van der Waals surface area (Å²) in [6, 6.07) is 21.5. The van der Waals surface area contributed by atoms with Crippen LogP contribution in [0.1, 0.15) is 31.5 Å². The summed E-state index contributed by atoms with van der Waals surface area (Å²) >= 11 is 4.63. The maximum Gasteiger partial charge on any atom is 0.266 e. The molecule has 0 saturated heterocycles. The Hall–Kier alpha value is -3.63. The minimum absolute atomic E-state index is 0.0333. The molecule has 3 aromatic rings. The number of methoxy groups -OCH3 is 1.